The lowest BCUT2D eigenvalue weighted by Gasteiger charge is -2.45. The zero-order valence-electron chi connectivity index (χ0n) is 11.5. The molecule has 1 heterocycles. The van der Waals surface area contributed by atoms with Gasteiger partial charge in [0, 0.05) is 18.1 Å². The molecule has 2 rings (SSSR count). The van der Waals surface area contributed by atoms with Crippen molar-refractivity contribution in [2.75, 3.05) is 7.11 Å². The third-order valence-corrected chi connectivity index (χ3v) is 4.90. The maximum atomic E-state index is 12.1. The molecule has 0 radical (unpaired) electrons. The lowest BCUT2D eigenvalue weighted by Crippen LogP contribution is -2.56. The van der Waals surface area contributed by atoms with Crippen LogP contribution in [0.3, 0.4) is 0 Å². The molecule has 0 bridgehead atoms. The van der Waals surface area contributed by atoms with Crippen molar-refractivity contribution in [3.8, 4) is 0 Å². The zero-order chi connectivity index (χ0) is 14.0. The van der Waals surface area contributed by atoms with Crippen LogP contribution >= 0.6 is 11.3 Å². The fraction of sp³-hybridized carbons (Fsp3) is 0.571. The van der Waals surface area contributed by atoms with E-state index in [0.29, 0.717) is 10.4 Å². The molecule has 1 amide bonds. The summed E-state index contributed by atoms with van der Waals surface area (Å²) in [7, 11) is 1.70. The van der Waals surface area contributed by atoms with Crippen LogP contribution in [0.25, 0.3) is 0 Å². The third kappa shape index (κ3) is 2.72. The predicted molar refractivity (Wildman–Crippen MR) is 74.8 cm³/mol. The lowest BCUT2D eigenvalue weighted by atomic mass is 9.75. The van der Waals surface area contributed by atoms with Gasteiger partial charge in [0.1, 0.15) is 0 Å². The van der Waals surface area contributed by atoms with Crippen LogP contribution in [-0.4, -0.2) is 30.4 Å². The van der Waals surface area contributed by atoms with Gasteiger partial charge in [-0.3, -0.25) is 9.59 Å². The van der Waals surface area contributed by atoms with E-state index in [1.54, 1.807) is 18.6 Å². The number of nitrogens with one attached hydrogen (secondary N) is 1. The first-order valence-electron chi connectivity index (χ1n) is 6.44. The van der Waals surface area contributed by atoms with Crippen LogP contribution < -0.4 is 5.32 Å². The maximum Gasteiger partial charge on any atom is 0.261 e. The summed E-state index contributed by atoms with van der Waals surface area (Å²) in [4.78, 5) is 23.9. The number of hydrogen-bond acceptors (Lipinski definition) is 4. The molecule has 1 unspecified atom stereocenters. The Bertz CT molecular complexity index is 485. The summed E-state index contributed by atoms with van der Waals surface area (Å²) in [6.07, 6.45) is 3.10. The number of carbonyl (C=O) groups is 2. The number of amides is 1. The Morgan fingerprint density at radius 1 is 1.47 bits per heavy atom. The van der Waals surface area contributed by atoms with Crippen molar-refractivity contribution in [2.24, 2.45) is 0 Å². The molecule has 1 aromatic rings. The van der Waals surface area contributed by atoms with Gasteiger partial charge < -0.3 is 10.1 Å². The number of methoxy groups -OCH3 is 1. The molecule has 0 aliphatic heterocycles. The van der Waals surface area contributed by atoms with E-state index in [-0.39, 0.29) is 23.3 Å². The fourth-order valence-corrected chi connectivity index (χ4v) is 3.23. The third-order valence-electron chi connectivity index (χ3n) is 3.97. The molecule has 1 aliphatic rings. The largest absolute Gasteiger partial charge is 0.376 e. The second kappa shape index (κ2) is 5.43. The van der Waals surface area contributed by atoms with Crippen molar-refractivity contribution in [1.82, 2.24) is 5.32 Å². The van der Waals surface area contributed by atoms with Crippen molar-refractivity contribution < 1.29 is 14.3 Å². The summed E-state index contributed by atoms with van der Waals surface area (Å²) in [5.74, 6) is -0.149. The summed E-state index contributed by atoms with van der Waals surface area (Å²) < 4.78 is 5.55. The quantitative estimate of drug-likeness (QED) is 0.844. The number of thiophene rings is 1. The van der Waals surface area contributed by atoms with E-state index in [1.807, 2.05) is 6.92 Å². The molecule has 1 fully saturated rings. The Hall–Kier alpha value is -1.20. The second-order valence-corrected chi connectivity index (χ2v) is 5.98. The first kappa shape index (κ1) is 14.2. The van der Waals surface area contributed by atoms with Crippen LogP contribution in [0.5, 0.6) is 0 Å². The van der Waals surface area contributed by atoms with Crippen LogP contribution in [0.1, 0.15) is 53.1 Å². The zero-order valence-corrected chi connectivity index (χ0v) is 12.3. The Kier molecular flexibility index (Phi) is 4.06. The monoisotopic (exact) mass is 281 g/mol. The smallest absolute Gasteiger partial charge is 0.261 e. The molecule has 5 heteroatoms. The normalized spacial score (nSPS) is 18.5. The van der Waals surface area contributed by atoms with Crippen molar-refractivity contribution in [3.05, 3.63) is 21.9 Å². The number of ether oxygens (including phenoxy) is 1. The van der Waals surface area contributed by atoms with E-state index >= 15 is 0 Å². The lowest BCUT2D eigenvalue weighted by molar-refractivity contribution is -0.0919. The molecule has 0 saturated heterocycles. The molecule has 104 valence electrons. The van der Waals surface area contributed by atoms with Crippen LogP contribution in [0, 0.1) is 0 Å². The fourth-order valence-electron chi connectivity index (χ4n) is 2.38. The van der Waals surface area contributed by atoms with Gasteiger partial charge in [-0.05, 0) is 39.2 Å². The Balaban J connectivity index is 2.02. The van der Waals surface area contributed by atoms with Crippen LogP contribution in [0.15, 0.2) is 11.4 Å². The molecular weight excluding hydrogens is 262 g/mol. The highest BCUT2D eigenvalue weighted by molar-refractivity contribution is 7.12. The SMILES string of the molecule is COC1(C(C)NC(=O)c2cc(C(C)=O)cs2)CCC1. The minimum Gasteiger partial charge on any atom is -0.376 e. The molecular formula is C14H19NO3S. The molecule has 0 aromatic carbocycles. The first-order valence-corrected chi connectivity index (χ1v) is 7.32. The molecule has 4 nitrogen and oxygen atoms in total. The highest BCUT2D eigenvalue weighted by atomic mass is 32.1. The van der Waals surface area contributed by atoms with Gasteiger partial charge in [0.05, 0.1) is 16.5 Å². The van der Waals surface area contributed by atoms with Crippen LogP contribution in [-0.2, 0) is 4.74 Å². The van der Waals surface area contributed by atoms with Crippen molar-refractivity contribution in [2.45, 2.75) is 44.8 Å². The Morgan fingerprint density at radius 2 is 2.16 bits per heavy atom. The van der Waals surface area contributed by atoms with Gasteiger partial charge >= 0.3 is 0 Å². The molecule has 1 aromatic heterocycles. The molecule has 1 N–H and O–H groups in total. The summed E-state index contributed by atoms with van der Waals surface area (Å²) in [5.41, 5.74) is 0.379. The van der Waals surface area contributed by atoms with Crippen molar-refractivity contribution in [3.63, 3.8) is 0 Å². The second-order valence-electron chi connectivity index (χ2n) is 5.07. The first-order chi connectivity index (χ1) is 8.98. The molecule has 1 aliphatic carbocycles. The van der Waals surface area contributed by atoms with Crippen molar-refractivity contribution in [1.29, 1.82) is 0 Å². The van der Waals surface area contributed by atoms with Gasteiger partial charge in [0.25, 0.3) is 5.91 Å². The number of hydrogen-bond donors (Lipinski definition) is 1. The molecule has 1 saturated carbocycles. The summed E-state index contributed by atoms with van der Waals surface area (Å²) >= 11 is 1.30. The van der Waals surface area contributed by atoms with Crippen LogP contribution in [0.4, 0.5) is 0 Å². The maximum absolute atomic E-state index is 12.1. The van der Waals surface area contributed by atoms with E-state index < -0.39 is 0 Å². The van der Waals surface area contributed by atoms with E-state index in [1.165, 1.54) is 18.3 Å². The summed E-state index contributed by atoms with van der Waals surface area (Å²) in [6, 6.07) is 1.62. The van der Waals surface area contributed by atoms with E-state index in [2.05, 4.69) is 5.32 Å². The van der Waals surface area contributed by atoms with Gasteiger partial charge in [0.2, 0.25) is 0 Å². The molecule has 19 heavy (non-hydrogen) atoms. The average Bonchev–Trinajstić information content (AvgIpc) is 2.77. The van der Waals surface area contributed by atoms with Gasteiger partial charge in [-0.2, -0.15) is 0 Å². The van der Waals surface area contributed by atoms with Gasteiger partial charge in [-0.1, -0.05) is 0 Å². The standard InChI is InChI=1S/C14H19NO3S/c1-9(16)11-7-12(19-8-11)13(17)15-10(2)14(18-3)5-4-6-14/h7-8,10H,4-6H2,1-3H3,(H,15,17). The number of carbonyl (C=O) groups excluding carboxylic acids is 2. The van der Waals surface area contributed by atoms with Gasteiger partial charge in [0.15, 0.2) is 5.78 Å². The average molecular weight is 281 g/mol. The van der Waals surface area contributed by atoms with Gasteiger partial charge in [-0.25, -0.2) is 0 Å². The van der Waals surface area contributed by atoms with E-state index in [9.17, 15) is 9.59 Å². The molecule has 1 atom stereocenters. The summed E-state index contributed by atoms with van der Waals surface area (Å²) in [6.45, 7) is 3.47. The Morgan fingerprint density at radius 3 is 2.58 bits per heavy atom. The van der Waals surface area contributed by atoms with Gasteiger partial charge in [-0.15, -0.1) is 11.3 Å². The Labute approximate surface area is 117 Å². The van der Waals surface area contributed by atoms with E-state index in [4.69, 9.17) is 4.74 Å². The van der Waals surface area contributed by atoms with Crippen molar-refractivity contribution >= 4 is 23.0 Å². The highest BCUT2D eigenvalue weighted by Crippen LogP contribution is 2.38. The minimum atomic E-state index is -0.212. The highest BCUT2D eigenvalue weighted by Gasteiger charge is 2.43. The number of ketones is 1. The minimum absolute atomic E-state index is 0.0179. The predicted octanol–water partition coefficient (Wildman–Crippen LogP) is 2.64. The van der Waals surface area contributed by atoms with E-state index in [0.717, 1.165) is 19.3 Å². The van der Waals surface area contributed by atoms with Crippen LogP contribution in [0.2, 0.25) is 0 Å². The summed E-state index contributed by atoms with van der Waals surface area (Å²) in [5, 5.41) is 4.70. The number of Topliss-reactive ketones (excluding diaryl/α,β-unsaturated/α-hetero) is 1. The topological polar surface area (TPSA) is 55.4 Å². The number of rotatable bonds is 5. The molecule has 0 spiro atoms.